The van der Waals surface area contributed by atoms with Crippen molar-refractivity contribution in [3.05, 3.63) is 76.3 Å². The molecule has 3 fully saturated rings. The molecule has 7 nitrogen and oxygen atoms in total. The fourth-order valence-electron chi connectivity index (χ4n) is 8.76. The Kier molecular flexibility index (Phi) is 6.74. The van der Waals surface area contributed by atoms with Crippen molar-refractivity contribution in [2.45, 2.75) is 71.3 Å². The van der Waals surface area contributed by atoms with Gasteiger partial charge in [0.15, 0.2) is 0 Å². The highest BCUT2D eigenvalue weighted by Gasteiger charge is 2.59. The number of nitrogens with one attached hydrogen (secondary N) is 1. The largest absolute Gasteiger partial charge is 0.465 e. The minimum atomic E-state index is -0.375. The second kappa shape index (κ2) is 10.1. The summed E-state index contributed by atoms with van der Waals surface area (Å²) < 4.78 is 5.56. The van der Waals surface area contributed by atoms with Crippen LogP contribution in [0.5, 0.6) is 0 Å². The van der Waals surface area contributed by atoms with Gasteiger partial charge < -0.3 is 9.52 Å². The molecule has 0 radical (unpaired) electrons. The van der Waals surface area contributed by atoms with Crippen molar-refractivity contribution in [1.29, 1.82) is 0 Å². The van der Waals surface area contributed by atoms with Crippen LogP contribution in [0.3, 0.4) is 0 Å². The van der Waals surface area contributed by atoms with Gasteiger partial charge in [0.05, 0.1) is 23.0 Å². The Balaban J connectivity index is 1.31. The molecule has 6 rings (SSSR count). The van der Waals surface area contributed by atoms with E-state index in [2.05, 4.69) is 25.3 Å². The first-order chi connectivity index (χ1) is 18.8. The van der Waals surface area contributed by atoms with Crippen LogP contribution in [0.2, 0.25) is 0 Å². The van der Waals surface area contributed by atoms with E-state index in [4.69, 9.17) is 9.52 Å². The summed E-state index contributed by atoms with van der Waals surface area (Å²) in [4.78, 5) is 11.2. The number of nitrogens with zero attached hydrogens (tertiary/aromatic N) is 2. The maximum Gasteiger partial charge on any atom is 0.294 e. The molecule has 0 spiro atoms. The van der Waals surface area contributed by atoms with Gasteiger partial charge in [0.25, 0.3) is 5.69 Å². The summed E-state index contributed by atoms with van der Waals surface area (Å²) in [6, 6.07) is 10.4. The summed E-state index contributed by atoms with van der Waals surface area (Å²) in [5.41, 5.74) is 6.20. The molecule has 7 atom stereocenters. The van der Waals surface area contributed by atoms with E-state index < -0.39 is 0 Å². The molecule has 2 N–H and O–H groups in total. The maximum atomic E-state index is 11.6. The molecule has 0 saturated heterocycles. The van der Waals surface area contributed by atoms with E-state index in [0.717, 1.165) is 50.0 Å². The van der Waals surface area contributed by atoms with Gasteiger partial charge in [-0.2, -0.15) is 5.10 Å². The predicted octanol–water partition coefficient (Wildman–Crippen LogP) is 7.61. The molecule has 1 heterocycles. The highest BCUT2D eigenvalue weighted by atomic mass is 16.6. The maximum absolute atomic E-state index is 11.6. The van der Waals surface area contributed by atoms with E-state index in [1.165, 1.54) is 24.5 Å². The number of para-hydroxylation sites is 2. The molecular formula is C32H39N3O4. The van der Waals surface area contributed by atoms with Gasteiger partial charge in [0.2, 0.25) is 0 Å². The molecule has 0 aliphatic heterocycles. The van der Waals surface area contributed by atoms with Gasteiger partial charge in [-0.25, -0.2) is 0 Å². The normalized spacial score (nSPS) is 36.1. The zero-order valence-electron chi connectivity index (χ0n) is 22.9. The van der Waals surface area contributed by atoms with Crippen molar-refractivity contribution >= 4 is 23.2 Å². The number of hydrazone groups is 1. The van der Waals surface area contributed by atoms with E-state index in [-0.39, 0.29) is 33.5 Å². The lowest BCUT2D eigenvalue weighted by molar-refractivity contribution is -0.384. The van der Waals surface area contributed by atoms with E-state index in [9.17, 15) is 15.2 Å². The van der Waals surface area contributed by atoms with Crippen LogP contribution in [0, 0.1) is 44.6 Å². The smallest absolute Gasteiger partial charge is 0.294 e. The van der Waals surface area contributed by atoms with Crippen LogP contribution in [0.4, 0.5) is 11.4 Å². The standard InChI is InChI=1S/C32H39N3O4/c1-31-17-15-22(36)20-21(31)9-11-24-25-12-13-27(32(25,2)18-16-26(24)31)28(14-10-23-6-5-19-39-23)33-34-29-7-3-4-8-30(29)35(37)38/h3-10,14,19,22,24-27,34,36H,11-13,15-18,20H2,1-2H3/b14-10+,33-28+/t22-,24-,25-,26-,27+,31-,32-/m0/s1. The molecule has 4 aliphatic carbocycles. The molecule has 0 amide bonds. The van der Waals surface area contributed by atoms with Gasteiger partial charge in [0, 0.05) is 12.0 Å². The Morgan fingerprint density at radius 1 is 1.13 bits per heavy atom. The van der Waals surface area contributed by atoms with Crippen LogP contribution >= 0.6 is 0 Å². The Hall–Kier alpha value is -3.19. The lowest BCUT2D eigenvalue weighted by atomic mass is 9.47. The second-order valence-corrected chi connectivity index (χ2v) is 12.6. The van der Waals surface area contributed by atoms with Crippen molar-refractivity contribution in [3.63, 3.8) is 0 Å². The van der Waals surface area contributed by atoms with E-state index in [1.807, 2.05) is 24.3 Å². The SMILES string of the molecule is C[C@]12CC[C@H]3[C@@H](CC=C4C[C@@H](O)CC[C@@]43C)[C@@H]1CC[C@@H]2C(/C=C/c1ccco1)=N/Nc1ccccc1[N+](=O)[O-]. The summed E-state index contributed by atoms with van der Waals surface area (Å²) in [6.07, 6.45) is 16.5. The fraction of sp³-hybridized carbons (Fsp3) is 0.531. The van der Waals surface area contributed by atoms with Gasteiger partial charge in [0.1, 0.15) is 11.4 Å². The summed E-state index contributed by atoms with van der Waals surface area (Å²) in [7, 11) is 0. The Morgan fingerprint density at radius 2 is 1.97 bits per heavy atom. The first-order valence-electron chi connectivity index (χ1n) is 14.5. The highest BCUT2D eigenvalue weighted by molar-refractivity contribution is 6.01. The Morgan fingerprint density at radius 3 is 2.77 bits per heavy atom. The monoisotopic (exact) mass is 529 g/mol. The first-order valence-corrected chi connectivity index (χ1v) is 14.5. The third-order valence-corrected chi connectivity index (χ3v) is 10.8. The lowest BCUT2D eigenvalue weighted by Gasteiger charge is -2.58. The molecule has 1 aromatic carbocycles. The predicted molar refractivity (Wildman–Crippen MR) is 153 cm³/mol. The third kappa shape index (κ3) is 4.54. The van der Waals surface area contributed by atoms with E-state index >= 15 is 0 Å². The van der Waals surface area contributed by atoms with Crippen molar-refractivity contribution in [1.82, 2.24) is 0 Å². The van der Waals surface area contributed by atoms with Crippen molar-refractivity contribution in [2.75, 3.05) is 5.43 Å². The minimum absolute atomic E-state index is 0.0160. The molecule has 39 heavy (non-hydrogen) atoms. The van der Waals surface area contributed by atoms with Gasteiger partial charge >= 0.3 is 0 Å². The zero-order chi connectivity index (χ0) is 27.2. The topological polar surface area (TPSA) is 101 Å². The number of allylic oxidation sites excluding steroid dienone is 2. The number of hydrogen-bond acceptors (Lipinski definition) is 6. The quantitative estimate of drug-likeness (QED) is 0.174. The third-order valence-electron chi connectivity index (χ3n) is 10.8. The second-order valence-electron chi connectivity index (χ2n) is 12.6. The molecule has 1 aromatic heterocycles. The Bertz CT molecular complexity index is 1310. The van der Waals surface area contributed by atoms with Gasteiger partial charge in [-0.15, -0.1) is 0 Å². The van der Waals surface area contributed by atoms with Crippen molar-refractivity contribution in [3.8, 4) is 0 Å². The molecular weight excluding hydrogens is 490 g/mol. The average molecular weight is 530 g/mol. The molecule has 0 bridgehead atoms. The molecule has 206 valence electrons. The average Bonchev–Trinajstić information content (AvgIpc) is 3.57. The number of nitro groups is 1. The van der Waals surface area contributed by atoms with Gasteiger partial charge in [-0.1, -0.05) is 37.6 Å². The van der Waals surface area contributed by atoms with Crippen LogP contribution in [0.15, 0.2) is 69.9 Å². The number of anilines is 1. The van der Waals surface area contributed by atoms with Gasteiger partial charge in [-0.05, 0) is 110 Å². The molecule has 3 saturated carbocycles. The molecule has 7 heteroatoms. The number of aliphatic hydroxyl groups excluding tert-OH is 1. The molecule has 2 aromatic rings. The Labute approximate surface area is 230 Å². The highest BCUT2D eigenvalue weighted by Crippen LogP contribution is 2.66. The zero-order valence-corrected chi connectivity index (χ0v) is 22.9. The van der Waals surface area contributed by atoms with Crippen LogP contribution < -0.4 is 5.43 Å². The number of fused-ring (bicyclic) bond motifs is 5. The van der Waals surface area contributed by atoms with E-state index in [0.29, 0.717) is 23.4 Å². The fourth-order valence-corrected chi connectivity index (χ4v) is 8.76. The minimum Gasteiger partial charge on any atom is -0.465 e. The van der Waals surface area contributed by atoms with Crippen molar-refractivity contribution in [2.24, 2.45) is 39.6 Å². The summed E-state index contributed by atoms with van der Waals surface area (Å²) >= 11 is 0. The molecule has 0 unspecified atom stereocenters. The lowest BCUT2D eigenvalue weighted by Crippen LogP contribution is -2.51. The number of nitro benzene ring substituents is 1. The van der Waals surface area contributed by atoms with Crippen LogP contribution in [0.25, 0.3) is 6.08 Å². The van der Waals surface area contributed by atoms with Crippen molar-refractivity contribution < 1.29 is 14.4 Å². The number of furan rings is 1. The summed E-state index contributed by atoms with van der Waals surface area (Å²) in [5, 5.41) is 26.8. The van der Waals surface area contributed by atoms with E-state index in [1.54, 1.807) is 24.5 Å². The molecule has 4 aliphatic rings. The van der Waals surface area contributed by atoms with Crippen LogP contribution in [-0.2, 0) is 0 Å². The van der Waals surface area contributed by atoms with Gasteiger partial charge in [-0.3, -0.25) is 15.5 Å². The van der Waals surface area contributed by atoms with Crippen LogP contribution in [0.1, 0.15) is 71.0 Å². The summed E-state index contributed by atoms with van der Waals surface area (Å²) in [5.74, 6) is 2.93. The number of aliphatic hydroxyl groups is 1. The number of rotatable bonds is 6. The number of benzene rings is 1. The van der Waals surface area contributed by atoms with Crippen LogP contribution in [-0.4, -0.2) is 21.8 Å². The number of hydrogen-bond donors (Lipinski definition) is 2. The first kappa shape index (κ1) is 26.1. The summed E-state index contributed by atoms with van der Waals surface area (Å²) in [6.45, 7) is 4.92.